The zero-order valence-electron chi connectivity index (χ0n) is 8.66. The third-order valence-corrected chi connectivity index (χ3v) is 1.52. The summed E-state index contributed by atoms with van der Waals surface area (Å²) in [5.74, 6) is -0.324. The maximum absolute atomic E-state index is 11.1. The van der Waals surface area contributed by atoms with Crippen LogP contribution in [-0.2, 0) is 9.53 Å². The van der Waals surface area contributed by atoms with E-state index in [0.29, 0.717) is 5.57 Å². The van der Waals surface area contributed by atoms with Crippen LogP contribution in [0.15, 0.2) is 12.2 Å². The van der Waals surface area contributed by atoms with E-state index in [1.165, 1.54) is 0 Å². The van der Waals surface area contributed by atoms with Gasteiger partial charge in [-0.1, -0.05) is 13.5 Å². The highest BCUT2D eigenvalue weighted by atomic mass is 19.0. The highest BCUT2D eigenvalue weighted by Crippen LogP contribution is 2.04. The van der Waals surface area contributed by atoms with Gasteiger partial charge in [0.15, 0.2) is 6.23 Å². The molecule has 4 heteroatoms. The highest BCUT2D eigenvalue weighted by molar-refractivity contribution is 5.87. The molecule has 0 saturated carbocycles. The summed E-state index contributed by atoms with van der Waals surface area (Å²) >= 11 is 0. The SMILES string of the molecule is C=C(C)C(=O)OC(CC)N(C)C.F. The molecule has 1 unspecified atom stereocenters. The molecule has 78 valence electrons. The van der Waals surface area contributed by atoms with E-state index in [-0.39, 0.29) is 16.9 Å². The molecule has 1 atom stereocenters. The first-order valence-corrected chi connectivity index (χ1v) is 4.02. The maximum atomic E-state index is 11.1. The molecule has 0 spiro atoms. The van der Waals surface area contributed by atoms with Crippen molar-refractivity contribution in [2.24, 2.45) is 0 Å². The average Bonchev–Trinajstić information content (AvgIpc) is 1.98. The van der Waals surface area contributed by atoms with Crippen LogP contribution in [0.2, 0.25) is 0 Å². The van der Waals surface area contributed by atoms with E-state index in [2.05, 4.69) is 6.58 Å². The van der Waals surface area contributed by atoms with Gasteiger partial charge in [-0.05, 0) is 27.4 Å². The number of esters is 1. The fourth-order valence-electron chi connectivity index (χ4n) is 0.778. The lowest BCUT2D eigenvalue weighted by Crippen LogP contribution is -2.32. The van der Waals surface area contributed by atoms with Crippen LogP contribution < -0.4 is 0 Å². The Morgan fingerprint density at radius 1 is 1.54 bits per heavy atom. The molecule has 0 saturated heterocycles. The molecule has 0 rings (SSSR count). The van der Waals surface area contributed by atoms with Crippen molar-refractivity contribution >= 4 is 5.97 Å². The van der Waals surface area contributed by atoms with E-state index < -0.39 is 0 Å². The van der Waals surface area contributed by atoms with Crippen molar-refractivity contribution in [3.05, 3.63) is 12.2 Å². The predicted octanol–water partition coefficient (Wildman–Crippen LogP) is 1.56. The normalized spacial score (nSPS) is 11.8. The average molecular weight is 191 g/mol. The first-order chi connectivity index (χ1) is 5.49. The Morgan fingerprint density at radius 3 is 2.23 bits per heavy atom. The van der Waals surface area contributed by atoms with Crippen LogP contribution >= 0.6 is 0 Å². The topological polar surface area (TPSA) is 29.5 Å². The summed E-state index contributed by atoms with van der Waals surface area (Å²) in [6, 6.07) is 0. The quantitative estimate of drug-likeness (QED) is 0.383. The van der Waals surface area contributed by atoms with Crippen molar-refractivity contribution < 1.29 is 14.2 Å². The van der Waals surface area contributed by atoms with Gasteiger partial charge in [0.05, 0.1) is 0 Å². The molecular formula is C9H18FNO2. The molecule has 0 aliphatic carbocycles. The minimum atomic E-state index is -0.324. The van der Waals surface area contributed by atoms with E-state index in [9.17, 15) is 4.79 Å². The van der Waals surface area contributed by atoms with Gasteiger partial charge in [0.1, 0.15) is 0 Å². The van der Waals surface area contributed by atoms with E-state index in [4.69, 9.17) is 4.74 Å². The van der Waals surface area contributed by atoms with Gasteiger partial charge < -0.3 is 4.74 Å². The van der Waals surface area contributed by atoms with E-state index in [1.807, 2.05) is 25.9 Å². The molecular weight excluding hydrogens is 173 g/mol. The monoisotopic (exact) mass is 191 g/mol. The minimum absolute atomic E-state index is 0. The molecule has 0 bridgehead atoms. The lowest BCUT2D eigenvalue weighted by molar-refractivity contribution is -0.152. The zero-order valence-corrected chi connectivity index (χ0v) is 8.66. The largest absolute Gasteiger partial charge is 0.443 e. The third-order valence-electron chi connectivity index (χ3n) is 1.52. The van der Waals surface area contributed by atoms with Gasteiger partial charge in [-0.3, -0.25) is 9.60 Å². The van der Waals surface area contributed by atoms with Gasteiger partial charge in [0.25, 0.3) is 0 Å². The van der Waals surface area contributed by atoms with Crippen LogP contribution in [0.4, 0.5) is 4.70 Å². The Balaban J connectivity index is 0. The summed E-state index contributed by atoms with van der Waals surface area (Å²) in [5, 5.41) is 0. The maximum Gasteiger partial charge on any atom is 0.334 e. The Morgan fingerprint density at radius 2 is 2.00 bits per heavy atom. The molecule has 0 fully saturated rings. The van der Waals surface area contributed by atoms with Crippen molar-refractivity contribution in [2.45, 2.75) is 26.5 Å². The van der Waals surface area contributed by atoms with Gasteiger partial charge >= 0.3 is 5.97 Å². The predicted molar refractivity (Wildman–Crippen MR) is 51.2 cm³/mol. The van der Waals surface area contributed by atoms with Crippen LogP contribution in [0.5, 0.6) is 0 Å². The molecule has 0 aliphatic heterocycles. The standard InChI is InChI=1S/C9H17NO2.FH/c1-6-8(10(4)5)12-9(11)7(2)3;/h8H,2,6H2,1,3-5H3;1H. The van der Waals surface area contributed by atoms with Crippen LogP contribution in [0.25, 0.3) is 0 Å². The number of halogens is 1. The van der Waals surface area contributed by atoms with Gasteiger partial charge in [-0.2, -0.15) is 0 Å². The van der Waals surface area contributed by atoms with Crippen molar-refractivity contribution in [1.29, 1.82) is 0 Å². The van der Waals surface area contributed by atoms with Crippen molar-refractivity contribution in [3.63, 3.8) is 0 Å². The second-order valence-electron chi connectivity index (χ2n) is 3.01. The van der Waals surface area contributed by atoms with Crippen LogP contribution in [0.3, 0.4) is 0 Å². The number of hydrogen-bond acceptors (Lipinski definition) is 3. The number of rotatable bonds is 4. The summed E-state index contributed by atoms with van der Waals surface area (Å²) in [6.07, 6.45) is 0.639. The summed E-state index contributed by atoms with van der Waals surface area (Å²) in [6.45, 7) is 7.12. The van der Waals surface area contributed by atoms with E-state index in [0.717, 1.165) is 6.42 Å². The lowest BCUT2D eigenvalue weighted by atomic mass is 10.3. The second kappa shape index (κ2) is 6.60. The molecule has 13 heavy (non-hydrogen) atoms. The van der Waals surface area contributed by atoms with Crippen LogP contribution in [0, 0.1) is 0 Å². The molecule has 3 nitrogen and oxygen atoms in total. The molecule has 0 heterocycles. The Kier molecular flexibility index (Phi) is 7.42. The Bertz CT molecular complexity index is 180. The Labute approximate surface area is 78.7 Å². The van der Waals surface area contributed by atoms with E-state index >= 15 is 0 Å². The second-order valence-corrected chi connectivity index (χ2v) is 3.01. The van der Waals surface area contributed by atoms with Crippen molar-refractivity contribution in [1.82, 2.24) is 4.90 Å². The summed E-state index contributed by atoms with van der Waals surface area (Å²) in [7, 11) is 3.75. The summed E-state index contributed by atoms with van der Waals surface area (Å²) in [5.41, 5.74) is 0.440. The Hall–Kier alpha value is -0.900. The van der Waals surface area contributed by atoms with Crippen LogP contribution in [0.1, 0.15) is 20.3 Å². The first-order valence-electron chi connectivity index (χ1n) is 4.02. The smallest absolute Gasteiger partial charge is 0.334 e. The molecule has 0 aromatic carbocycles. The summed E-state index contributed by atoms with van der Waals surface area (Å²) < 4.78 is 5.11. The van der Waals surface area contributed by atoms with Gasteiger partial charge in [0.2, 0.25) is 0 Å². The molecule has 0 N–H and O–H groups in total. The molecule has 0 amide bonds. The number of hydrogen-bond donors (Lipinski definition) is 0. The lowest BCUT2D eigenvalue weighted by Gasteiger charge is -2.22. The van der Waals surface area contributed by atoms with E-state index in [1.54, 1.807) is 6.92 Å². The molecule has 0 aliphatic rings. The van der Waals surface area contributed by atoms with Crippen LogP contribution in [-0.4, -0.2) is 31.2 Å². The molecule has 0 aromatic rings. The van der Waals surface area contributed by atoms with Gasteiger partial charge in [0, 0.05) is 5.57 Å². The van der Waals surface area contributed by atoms with Crippen molar-refractivity contribution in [3.8, 4) is 0 Å². The van der Waals surface area contributed by atoms with Gasteiger partial charge in [-0.25, -0.2) is 4.79 Å². The van der Waals surface area contributed by atoms with Gasteiger partial charge in [-0.15, -0.1) is 0 Å². The fourth-order valence-corrected chi connectivity index (χ4v) is 0.778. The summed E-state index contributed by atoms with van der Waals surface area (Å²) in [4.78, 5) is 12.9. The number of ether oxygens (including phenoxy) is 1. The number of carbonyl (C=O) groups excluding carboxylic acids is 1. The highest BCUT2D eigenvalue weighted by Gasteiger charge is 2.14. The molecule has 0 radical (unpaired) electrons. The van der Waals surface area contributed by atoms with Crippen molar-refractivity contribution in [2.75, 3.05) is 14.1 Å². The number of nitrogens with zero attached hydrogens (tertiary/aromatic N) is 1. The number of carbonyl (C=O) groups is 1. The first kappa shape index (κ1) is 14.6. The third kappa shape index (κ3) is 5.36. The molecule has 0 aromatic heterocycles. The minimum Gasteiger partial charge on any atom is -0.443 e. The zero-order chi connectivity index (χ0) is 9.72. The fraction of sp³-hybridized carbons (Fsp3) is 0.667.